The number of anilines is 1. The third kappa shape index (κ3) is 5.10. The quantitative estimate of drug-likeness (QED) is 0.567. The van der Waals surface area contributed by atoms with Crippen molar-refractivity contribution in [3.05, 3.63) is 29.4 Å². The van der Waals surface area contributed by atoms with Crippen molar-refractivity contribution in [3.8, 4) is 5.88 Å². The molecule has 2 aromatic heterocycles. The van der Waals surface area contributed by atoms with Crippen LogP contribution >= 0.6 is 11.1 Å². The van der Waals surface area contributed by atoms with Gasteiger partial charge in [0.2, 0.25) is 17.2 Å². The molecule has 2 heterocycles. The standard InChI is InChI=1S/C13H20N6O2S/c1-19(2)9-10-5-3-6-11(16-10)21-8-4-7-15-13-12(14)17-22(20)18-13/h3,5-6H,4,7-9H2,1-2H3,(H2,14,17)(H,15,18). The van der Waals surface area contributed by atoms with Crippen molar-refractivity contribution >= 4 is 17.0 Å². The summed E-state index contributed by atoms with van der Waals surface area (Å²) >= 11 is -1.49. The van der Waals surface area contributed by atoms with Crippen LogP contribution in [0.5, 0.6) is 5.88 Å². The lowest BCUT2D eigenvalue weighted by Crippen LogP contribution is -2.12. The van der Waals surface area contributed by atoms with Crippen LogP contribution < -0.4 is 16.0 Å². The number of nitrogens with one attached hydrogen (secondary N) is 1. The number of ether oxygens (including phenoxy) is 1. The molecular formula is C13H20N6O2S. The van der Waals surface area contributed by atoms with Gasteiger partial charge in [0.15, 0.2) is 11.1 Å². The highest BCUT2D eigenvalue weighted by atomic mass is 32.2. The van der Waals surface area contributed by atoms with Gasteiger partial charge in [-0.15, -0.1) is 4.37 Å². The van der Waals surface area contributed by atoms with Crippen LogP contribution in [0.4, 0.5) is 5.82 Å². The summed E-state index contributed by atoms with van der Waals surface area (Å²) < 4.78 is 22.9. The number of rotatable bonds is 7. The van der Waals surface area contributed by atoms with E-state index in [1.165, 1.54) is 0 Å². The molecule has 0 saturated carbocycles. The summed E-state index contributed by atoms with van der Waals surface area (Å²) in [4.78, 5) is 10.7. The maximum atomic E-state index is 11.1. The first kappa shape index (κ1) is 16.4. The van der Waals surface area contributed by atoms with Gasteiger partial charge in [-0.2, -0.15) is 0 Å². The largest absolute Gasteiger partial charge is 0.548 e. The zero-order chi connectivity index (χ0) is 15.9. The fourth-order valence-electron chi connectivity index (χ4n) is 1.79. The maximum Gasteiger partial charge on any atom is 0.229 e. The Kier molecular flexibility index (Phi) is 5.87. The normalized spacial score (nSPS) is 12.9. The number of pyridine rings is 1. The second-order valence-electron chi connectivity index (χ2n) is 4.97. The fraction of sp³-hybridized carbons (Fsp3) is 0.462. The van der Waals surface area contributed by atoms with Crippen molar-refractivity contribution in [2.24, 2.45) is 4.99 Å². The summed E-state index contributed by atoms with van der Waals surface area (Å²) in [6.07, 6.45) is 0.699. The minimum atomic E-state index is -1.49. The number of aromatic nitrogens is 3. The molecule has 0 bridgehead atoms. The molecule has 2 aromatic rings. The zero-order valence-corrected chi connectivity index (χ0v) is 13.5. The highest BCUT2D eigenvalue weighted by molar-refractivity contribution is 7.13. The number of hydrogen-bond donors (Lipinski definition) is 2. The number of nitrogens with two attached hydrogens (primary N) is 1. The molecule has 0 aliphatic carbocycles. The molecule has 22 heavy (non-hydrogen) atoms. The van der Waals surface area contributed by atoms with Crippen molar-refractivity contribution in [1.29, 1.82) is 0 Å². The van der Waals surface area contributed by atoms with Crippen molar-refractivity contribution in [1.82, 2.24) is 18.6 Å². The number of nitrogen functional groups attached to an aromatic ring is 1. The van der Waals surface area contributed by atoms with Gasteiger partial charge in [-0.3, -0.25) is 4.99 Å². The molecule has 2 rings (SSSR count). The predicted molar refractivity (Wildman–Crippen MR) is 83.8 cm³/mol. The summed E-state index contributed by atoms with van der Waals surface area (Å²) in [5.74, 6) is 0.783. The molecule has 0 saturated heterocycles. The van der Waals surface area contributed by atoms with Crippen molar-refractivity contribution in [2.45, 2.75) is 13.0 Å². The Bertz CT molecular complexity index is 667. The molecule has 0 aliphatic heterocycles. The minimum absolute atomic E-state index is 0.178. The Morgan fingerprint density at radius 3 is 2.95 bits per heavy atom. The molecule has 0 amide bonds. The Morgan fingerprint density at radius 1 is 1.45 bits per heavy atom. The van der Waals surface area contributed by atoms with Crippen LogP contribution in [0.1, 0.15) is 12.1 Å². The average molecular weight is 324 g/mol. The lowest BCUT2D eigenvalue weighted by Gasteiger charge is -2.10. The molecule has 9 heteroatoms. The molecule has 0 spiro atoms. The van der Waals surface area contributed by atoms with Crippen molar-refractivity contribution < 1.29 is 9.29 Å². The first-order valence-electron chi connectivity index (χ1n) is 6.85. The molecule has 0 fully saturated rings. The summed E-state index contributed by atoms with van der Waals surface area (Å²) in [5.41, 5.74) is 6.89. The zero-order valence-electron chi connectivity index (χ0n) is 12.7. The van der Waals surface area contributed by atoms with Crippen LogP contribution in [0, 0.1) is 0 Å². The molecule has 0 aromatic carbocycles. The van der Waals surface area contributed by atoms with E-state index in [4.69, 9.17) is 10.5 Å². The number of H-pyrrole nitrogens is 1. The van der Waals surface area contributed by atoms with E-state index >= 15 is 0 Å². The molecule has 8 nitrogen and oxygen atoms in total. The number of aromatic amines is 1. The monoisotopic (exact) mass is 324 g/mol. The molecule has 0 radical (unpaired) electrons. The van der Waals surface area contributed by atoms with Crippen LogP contribution in [-0.4, -0.2) is 50.4 Å². The first-order valence-corrected chi connectivity index (χ1v) is 7.96. The SMILES string of the molecule is CN(C)Cc1cccc(OCCCN=c2[nH][s+]([O-])nc2N)n1. The van der Waals surface area contributed by atoms with E-state index in [9.17, 15) is 4.55 Å². The van der Waals surface area contributed by atoms with Gasteiger partial charge in [0.1, 0.15) is 0 Å². The Morgan fingerprint density at radius 2 is 2.27 bits per heavy atom. The lowest BCUT2D eigenvalue weighted by molar-refractivity contribution is 0.298. The van der Waals surface area contributed by atoms with Gasteiger partial charge in [0.05, 0.1) is 12.3 Å². The van der Waals surface area contributed by atoms with Crippen LogP contribution in [0.15, 0.2) is 23.2 Å². The first-order chi connectivity index (χ1) is 10.5. The van der Waals surface area contributed by atoms with Gasteiger partial charge in [0.25, 0.3) is 0 Å². The average Bonchev–Trinajstić information content (AvgIpc) is 2.76. The van der Waals surface area contributed by atoms with Crippen LogP contribution in [0.3, 0.4) is 0 Å². The molecule has 3 N–H and O–H groups in total. The van der Waals surface area contributed by atoms with Gasteiger partial charge < -0.3 is 19.9 Å². The molecular weight excluding hydrogens is 304 g/mol. The summed E-state index contributed by atoms with van der Waals surface area (Å²) in [5, 5.41) is 0. The maximum absolute atomic E-state index is 11.1. The van der Waals surface area contributed by atoms with E-state index in [1.54, 1.807) is 0 Å². The molecule has 1 unspecified atom stereocenters. The third-order valence-corrected chi connectivity index (χ3v) is 3.42. The second-order valence-corrected chi connectivity index (χ2v) is 5.85. The van der Waals surface area contributed by atoms with Gasteiger partial charge in [-0.1, -0.05) is 6.07 Å². The minimum Gasteiger partial charge on any atom is -0.548 e. The van der Waals surface area contributed by atoms with E-state index in [-0.39, 0.29) is 5.82 Å². The predicted octanol–water partition coefficient (Wildman–Crippen LogP) is 0.546. The number of nitrogens with zero attached hydrogens (tertiary/aromatic N) is 4. The van der Waals surface area contributed by atoms with Crippen LogP contribution in [-0.2, 0) is 6.54 Å². The molecule has 1 atom stereocenters. The van der Waals surface area contributed by atoms with Crippen LogP contribution in [0.2, 0.25) is 0 Å². The van der Waals surface area contributed by atoms with Gasteiger partial charge in [0, 0.05) is 30.0 Å². The van der Waals surface area contributed by atoms with Crippen LogP contribution in [0.25, 0.3) is 0 Å². The summed E-state index contributed by atoms with van der Waals surface area (Å²) in [6.45, 7) is 1.77. The van der Waals surface area contributed by atoms with E-state index in [1.807, 2.05) is 37.2 Å². The van der Waals surface area contributed by atoms with E-state index in [0.29, 0.717) is 30.9 Å². The summed E-state index contributed by atoms with van der Waals surface area (Å²) in [7, 11) is 3.99. The summed E-state index contributed by atoms with van der Waals surface area (Å²) in [6, 6.07) is 5.72. The highest BCUT2D eigenvalue weighted by Gasteiger charge is 2.03. The van der Waals surface area contributed by atoms with Gasteiger partial charge >= 0.3 is 0 Å². The molecule has 120 valence electrons. The fourth-order valence-corrected chi connectivity index (χ4v) is 2.43. The second kappa shape index (κ2) is 7.87. The topological polar surface area (TPSA) is 115 Å². The smallest absolute Gasteiger partial charge is 0.229 e. The highest BCUT2D eigenvalue weighted by Crippen LogP contribution is 2.09. The van der Waals surface area contributed by atoms with E-state index < -0.39 is 11.1 Å². The van der Waals surface area contributed by atoms with Crippen molar-refractivity contribution in [2.75, 3.05) is 33.0 Å². The number of hydrogen-bond acceptors (Lipinski definition) is 7. The lowest BCUT2D eigenvalue weighted by atomic mass is 10.3. The van der Waals surface area contributed by atoms with E-state index in [0.717, 1.165) is 12.2 Å². The van der Waals surface area contributed by atoms with Gasteiger partial charge in [-0.25, -0.2) is 4.98 Å². The van der Waals surface area contributed by atoms with E-state index in [2.05, 4.69) is 18.7 Å². The third-order valence-electron chi connectivity index (χ3n) is 2.69. The Labute approximate surface area is 131 Å². The Hall–Kier alpha value is -1.97. The Balaban J connectivity index is 1.79. The molecule has 0 aliphatic rings. The van der Waals surface area contributed by atoms with Crippen molar-refractivity contribution in [3.63, 3.8) is 0 Å². The van der Waals surface area contributed by atoms with Gasteiger partial charge in [-0.05, 0) is 20.2 Å².